The molecule has 1 fully saturated rings. The summed E-state index contributed by atoms with van der Waals surface area (Å²) in [6, 6.07) is 11.8. The first kappa shape index (κ1) is 18.7. The van der Waals surface area contributed by atoms with E-state index in [0.29, 0.717) is 17.7 Å². The molecule has 0 radical (unpaired) electrons. The molecule has 2 heterocycles. The van der Waals surface area contributed by atoms with Crippen molar-refractivity contribution in [3.8, 4) is 0 Å². The number of alkyl halides is 2. The molecular weight excluding hydrogens is 386 g/mol. The van der Waals surface area contributed by atoms with Gasteiger partial charge in [0.05, 0.1) is 0 Å². The van der Waals surface area contributed by atoms with Gasteiger partial charge in [0.15, 0.2) is 0 Å². The van der Waals surface area contributed by atoms with Gasteiger partial charge in [-0.2, -0.15) is 0 Å². The minimum absolute atomic E-state index is 0.102. The Kier molecular flexibility index (Phi) is 4.91. The van der Waals surface area contributed by atoms with E-state index in [0.717, 1.165) is 37.2 Å². The van der Waals surface area contributed by atoms with E-state index >= 15 is 0 Å². The number of amides is 1. The fourth-order valence-electron chi connectivity index (χ4n) is 4.26. The van der Waals surface area contributed by atoms with Gasteiger partial charge < -0.3 is 9.80 Å². The molecule has 0 saturated carbocycles. The number of benzene rings is 2. The summed E-state index contributed by atoms with van der Waals surface area (Å²) in [4.78, 5) is 16.7. The standard InChI is InChI=1S/C21H21Cl2FN2O/c1-25-9-7-21(8-10-25)13-26(18-6-5-16(24)12-17(18)21)20(27)15-4-2-3-14(11-15)19(22)23/h2-6,11-12,19H,7-10,13H2,1H3. The van der Waals surface area contributed by atoms with Crippen molar-refractivity contribution in [1.29, 1.82) is 0 Å². The van der Waals surface area contributed by atoms with Gasteiger partial charge in [-0.15, -0.1) is 23.2 Å². The van der Waals surface area contributed by atoms with Crippen LogP contribution in [0.4, 0.5) is 10.1 Å². The van der Waals surface area contributed by atoms with Crippen LogP contribution in [-0.4, -0.2) is 37.5 Å². The van der Waals surface area contributed by atoms with E-state index in [1.165, 1.54) is 6.07 Å². The van der Waals surface area contributed by atoms with Crippen LogP contribution >= 0.6 is 23.2 Å². The minimum Gasteiger partial charge on any atom is -0.307 e. The summed E-state index contributed by atoms with van der Waals surface area (Å²) in [6.45, 7) is 2.45. The molecule has 2 aliphatic heterocycles. The summed E-state index contributed by atoms with van der Waals surface area (Å²) in [6.07, 6.45) is 1.82. The monoisotopic (exact) mass is 406 g/mol. The Balaban J connectivity index is 1.72. The van der Waals surface area contributed by atoms with Crippen molar-refractivity contribution < 1.29 is 9.18 Å². The summed E-state index contributed by atoms with van der Waals surface area (Å²) in [5.41, 5.74) is 2.81. The van der Waals surface area contributed by atoms with Gasteiger partial charge in [0.2, 0.25) is 0 Å². The molecule has 0 N–H and O–H groups in total. The number of anilines is 1. The quantitative estimate of drug-likeness (QED) is 0.660. The lowest BCUT2D eigenvalue weighted by Crippen LogP contribution is -2.44. The van der Waals surface area contributed by atoms with Gasteiger partial charge in [0.1, 0.15) is 10.7 Å². The van der Waals surface area contributed by atoms with Crippen molar-refractivity contribution in [2.24, 2.45) is 0 Å². The molecule has 1 spiro atoms. The molecule has 0 bridgehead atoms. The van der Waals surface area contributed by atoms with Gasteiger partial charge in [0, 0.05) is 23.2 Å². The van der Waals surface area contributed by atoms with Crippen LogP contribution in [0, 0.1) is 5.82 Å². The molecule has 0 unspecified atom stereocenters. The van der Waals surface area contributed by atoms with Crippen LogP contribution in [0.25, 0.3) is 0 Å². The zero-order valence-corrected chi connectivity index (χ0v) is 16.6. The molecular formula is C21H21Cl2FN2O. The second kappa shape index (κ2) is 7.08. The first-order valence-corrected chi connectivity index (χ1v) is 9.95. The van der Waals surface area contributed by atoms with Gasteiger partial charge in [-0.25, -0.2) is 4.39 Å². The van der Waals surface area contributed by atoms with Crippen LogP contribution in [0.3, 0.4) is 0 Å². The predicted octanol–water partition coefficient (Wildman–Crippen LogP) is 4.93. The Morgan fingerprint density at radius 3 is 2.59 bits per heavy atom. The van der Waals surface area contributed by atoms with Crippen molar-refractivity contribution in [2.45, 2.75) is 23.1 Å². The Labute approximate surface area is 168 Å². The van der Waals surface area contributed by atoms with E-state index in [9.17, 15) is 9.18 Å². The molecule has 142 valence electrons. The third-order valence-corrected chi connectivity index (χ3v) is 6.36. The zero-order chi connectivity index (χ0) is 19.2. The van der Waals surface area contributed by atoms with E-state index < -0.39 is 4.84 Å². The number of carbonyl (C=O) groups is 1. The van der Waals surface area contributed by atoms with Crippen LogP contribution in [0.5, 0.6) is 0 Å². The Hall–Kier alpha value is -1.62. The van der Waals surface area contributed by atoms with Crippen molar-refractivity contribution in [3.05, 3.63) is 65.0 Å². The first-order valence-electron chi connectivity index (χ1n) is 9.08. The molecule has 4 rings (SSSR count). The molecule has 2 aromatic carbocycles. The normalized spacial score (nSPS) is 18.9. The van der Waals surface area contributed by atoms with E-state index in [1.54, 1.807) is 41.3 Å². The Bertz CT molecular complexity index is 878. The van der Waals surface area contributed by atoms with Gasteiger partial charge in [-0.1, -0.05) is 12.1 Å². The highest BCUT2D eigenvalue weighted by molar-refractivity contribution is 6.44. The maximum absolute atomic E-state index is 14.0. The SMILES string of the molecule is CN1CCC2(CC1)CN(C(=O)c1cccc(C(Cl)Cl)c1)c1ccc(F)cc12. The number of rotatable bonds is 2. The largest absolute Gasteiger partial charge is 0.307 e. The third kappa shape index (κ3) is 3.35. The van der Waals surface area contributed by atoms with E-state index in [2.05, 4.69) is 11.9 Å². The summed E-state index contributed by atoms with van der Waals surface area (Å²) in [7, 11) is 2.09. The second-order valence-electron chi connectivity index (χ2n) is 7.56. The third-order valence-electron chi connectivity index (χ3n) is 5.86. The van der Waals surface area contributed by atoms with Crippen LogP contribution < -0.4 is 4.90 Å². The average Bonchev–Trinajstić information content (AvgIpc) is 2.97. The number of piperidine rings is 1. The van der Waals surface area contributed by atoms with Crippen LogP contribution in [-0.2, 0) is 5.41 Å². The van der Waals surface area contributed by atoms with Crippen molar-refractivity contribution >= 4 is 34.8 Å². The van der Waals surface area contributed by atoms with Crippen LogP contribution in [0.15, 0.2) is 42.5 Å². The lowest BCUT2D eigenvalue weighted by atomic mass is 9.74. The molecule has 1 saturated heterocycles. The molecule has 2 aromatic rings. The number of fused-ring (bicyclic) bond motifs is 2. The number of halogens is 3. The second-order valence-corrected chi connectivity index (χ2v) is 8.66. The van der Waals surface area contributed by atoms with Gasteiger partial charge >= 0.3 is 0 Å². The van der Waals surface area contributed by atoms with Gasteiger partial charge in [-0.3, -0.25) is 4.79 Å². The van der Waals surface area contributed by atoms with E-state index in [-0.39, 0.29) is 17.1 Å². The highest BCUT2D eigenvalue weighted by Crippen LogP contribution is 2.47. The lowest BCUT2D eigenvalue weighted by molar-refractivity contribution is 0.0979. The van der Waals surface area contributed by atoms with Gasteiger partial charge in [-0.05, 0) is 74.4 Å². The highest BCUT2D eigenvalue weighted by atomic mass is 35.5. The Morgan fingerprint density at radius 2 is 1.89 bits per heavy atom. The summed E-state index contributed by atoms with van der Waals surface area (Å²) in [5, 5.41) is 0. The number of hydrogen-bond donors (Lipinski definition) is 0. The molecule has 0 aromatic heterocycles. The fraction of sp³-hybridized carbons (Fsp3) is 0.381. The van der Waals surface area contributed by atoms with Crippen molar-refractivity contribution in [3.63, 3.8) is 0 Å². The number of hydrogen-bond acceptors (Lipinski definition) is 2. The smallest absolute Gasteiger partial charge is 0.258 e. The fourth-order valence-corrected chi connectivity index (χ4v) is 4.53. The molecule has 6 heteroatoms. The highest BCUT2D eigenvalue weighted by Gasteiger charge is 2.46. The molecule has 2 aliphatic rings. The van der Waals surface area contributed by atoms with Crippen LogP contribution in [0.2, 0.25) is 0 Å². The van der Waals surface area contributed by atoms with Crippen LogP contribution in [0.1, 0.15) is 39.2 Å². The Morgan fingerprint density at radius 1 is 1.15 bits per heavy atom. The zero-order valence-electron chi connectivity index (χ0n) is 15.1. The molecule has 0 atom stereocenters. The lowest BCUT2D eigenvalue weighted by Gasteiger charge is -2.38. The summed E-state index contributed by atoms with van der Waals surface area (Å²) in [5.74, 6) is -0.357. The molecule has 27 heavy (non-hydrogen) atoms. The van der Waals surface area contributed by atoms with E-state index in [1.807, 2.05) is 0 Å². The van der Waals surface area contributed by atoms with Crippen molar-refractivity contribution in [1.82, 2.24) is 4.90 Å². The average molecular weight is 407 g/mol. The summed E-state index contributed by atoms with van der Waals surface area (Å²) >= 11 is 11.9. The van der Waals surface area contributed by atoms with Crippen molar-refractivity contribution in [2.75, 3.05) is 31.6 Å². The summed E-state index contributed by atoms with van der Waals surface area (Å²) < 4.78 is 14.0. The first-order chi connectivity index (χ1) is 12.9. The number of carbonyl (C=O) groups excluding carboxylic acids is 1. The van der Waals surface area contributed by atoms with E-state index in [4.69, 9.17) is 23.2 Å². The molecule has 1 amide bonds. The molecule has 3 nitrogen and oxygen atoms in total. The number of nitrogens with zero attached hydrogens (tertiary/aromatic N) is 2. The minimum atomic E-state index is -0.682. The maximum atomic E-state index is 14.0. The maximum Gasteiger partial charge on any atom is 0.258 e. The molecule has 0 aliphatic carbocycles. The number of likely N-dealkylation sites (tertiary alicyclic amines) is 1. The van der Waals surface area contributed by atoms with Gasteiger partial charge in [0.25, 0.3) is 5.91 Å². The topological polar surface area (TPSA) is 23.6 Å². The predicted molar refractivity (Wildman–Crippen MR) is 107 cm³/mol.